The Hall–Kier alpha value is -3.04. The molecule has 186 valence electrons. The van der Waals surface area contributed by atoms with Crippen molar-refractivity contribution in [1.29, 1.82) is 0 Å². The summed E-state index contributed by atoms with van der Waals surface area (Å²) in [5, 5.41) is 21.4. The van der Waals surface area contributed by atoms with Crippen LogP contribution in [-0.4, -0.2) is 56.6 Å². The minimum Gasteiger partial charge on any atom is -0.491 e. The molecule has 2 unspecified atom stereocenters. The number of hydrogen-bond acceptors (Lipinski definition) is 8. The number of aliphatic hydroxyl groups excluding tert-OH is 2. The number of rotatable bonds is 11. The standard InChI is InChI=1S/C24H29N4O6P/c1-14(2)32-18-8-15(23(31)28-24-26-12-20(27-24)21(30)13-29)9-19(10-18)33-17-6-7-22(25-11-17)35(3)34-16-4-5-16/h6-12,14,16,21,29-30H,4-5,13H2,1-3H3,(H2,26,27,28,31). The summed E-state index contributed by atoms with van der Waals surface area (Å²) in [6.07, 6.45) is 4.36. The second kappa shape index (κ2) is 11.1. The van der Waals surface area contributed by atoms with Gasteiger partial charge in [-0.3, -0.25) is 15.1 Å². The van der Waals surface area contributed by atoms with Crippen molar-refractivity contribution in [2.45, 2.75) is 45.0 Å². The fraction of sp³-hybridized carbons (Fsp3) is 0.375. The van der Waals surface area contributed by atoms with Gasteiger partial charge in [-0.1, -0.05) is 0 Å². The van der Waals surface area contributed by atoms with Crippen LogP contribution in [0.5, 0.6) is 17.2 Å². The van der Waals surface area contributed by atoms with Gasteiger partial charge in [-0.05, 0) is 57.6 Å². The van der Waals surface area contributed by atoms with Gasteiger partial charge in [-0.2, -0.15) is 0 Å². The number of aromatic amines is 1. The molecule has 0 radical (unpaired) electrons. The number of anilines is 1. The second-order valence-electron chi connectivity index (χ2n) is 8.46. The van der Waals surface area contributed by atoms with E-state index in [2.05, 4.69) is 20.3 Å². The molecule has 1 aliphatic carbocycles. The lowest BCUT2D eigenvalue weighted by molar-refractivity contribution is 0.0926. The molecular formula is C24H29N4O6P. The maximum atomic E-state index is 12.9. The molecule has 2 heterocycles. The lowest BCUT2D eigenvalue weighted by Crippen LogP contribution is -2.14. The van der Waals surface area contributed by atoms with Crippen molar-refractivity contribution < 1.29 is 29.0 Å². The molecule has 1 aliphatic rings. The predicted octanol–water partition coefficient (Wildman–Crippen LogP) is 3.49. The molecule has 10 nitrogen and oxygen atoms in total. The van der Waals surface area contributed by atoms with E-state index in [1.807, 2.05) is 32.6 Å². The summed E-state index contributed by atoms with van der Waals surface area (Å²) in [6, 6.07) is 8.61. The molecule has 0 saturated heterocycles. The average molecular weight is 500 g/mol. The molecule has 2 atom stereocenters. The number of nitrogens with zero attached hydrogens (tertiary/aromatic N) is 2. The third kappa shape index (κ3) is 6.99. The summed E-state index contributed by atoms with van der Waals surface area (Å²) in [5.41, 5.74) is 1.47. The molecule has 0 aliphatic heterocycles. The first kappa shape index (κ1) is 25.1. The number of aliphatic hydroxyl groups is 2. The molecule has 1 saturated carbocycles. The smallest absolute Gasteiger partial charge is 0.258 e. The van der Waals surface area contributed by atoms with Crippen molar-refractivity contribution in [1.82, 2.24) is 15.0 Å². The summed E-state index contributed by atoms with van der Waals surface area (Å²) in [6.45, 7) is 5.35. The molecule has 4 N–H and O–H groups in total. The van der Waals surface area contributed by atoms with Gasteiger partial charge in [-0.25, -0.2) is 4.98 Å². The number of aromatic nitrogens is 3. The Kier molecular flexibility index (Phi) is 7.97. The molecular weight excluding hydrogens is 471 g/mol. The van der Waals surface area contributed by atoms with Crippen LogP contribution in [0, 0.1) is 0 Å². The van der Waals surface area contributed by atoms with E-state index in [-0.39, 0.29) is 17.7 Å². The summed E-state index contributed by atoms with van der Waals surface area (Å²) >= 11 is 0. The first-order valence-corrected chi connectivity index (χ1v) is 13.0. The molecule has 0 bridgehead atoms. The highest BCUT2D eigenvalue weighted by Crippen LogP contribution is 2.40. The Morgan fingerprint density at radius 3 is 2.60 bits per heavy atom. The Labute approximate surface area is 204 Å². The van der Waals surface area contributed by atoms with Gasteiger partial charge in [-0.15, -0.1) is 0 Å². The molecule has 2 aromatic heterocycles. The van der Waals surface area contributed by atoms with Crippen molar-refractivity contribution in [3.8, 4) is 17.2 Å². The van der Waals surface area contributed by atoms with Gasteiger partial charge < -0.3 is 29.2 Å². The first-order chi connectivity index (χ1) is 16.8. The van der Waals surface area contributed by atoms with E-state index in [9.17, 15) is 9.90 Å². The van der Waals surface area contributed by atoms with Crippen LogP contribution in [-0.2, 0) is 4.52 Å². The quantitative estimate of drug-likeness (QED) is 0.294. The molecule has 4 rings (SSSR count). The zero-order valence-corrected chi connectivity index (χ0v) is 20.7. The van der Waals surface area contributed by atoms with Crippen LogP contribution in [0.3, 0.4) is 0 Å². The van der Waals surface area contributed by atoms with E-state index in [1.165, 1.54) is 6.20 Å². The van der Waals surface area contributed by atoms with Gasteiger partial charge in [0, 0.05) is 11.6 Å². The number of nitrogens with one attached hydrogen (secondary N) is 2. The number of carbonyl (C=O) groups is 1. The highest BCUT2D eigenvalue weighted by molar-refractivity contribution is 7.59. The second-order valence-corrected chi connectivity index (χ2v) is 10.1. The molecule has 35 heavy (non-hydrogen) atoms. The summed E-state index contributed by atoms with van der Waals surface area (Å²) in [5.74, 6) is 1.08. The van der Waals surface area contributed by atoms with Crippen molar-refractivity contribution >= 4 is 25.4 Å². The number of pyridine rings is 1. The molecule has 3 aromatic rings. The molecule has 1 aromatic carbocycles. The highest BCUT2D eigenvalue weighted by Gasteiger charge is 2.25. The molecule has 1 amide bonds. The number of imidazole rings is 1. The lowest BCUT2D eigenvalue weighted by atomic mass is 10.2. The van der Waals surface area contributed by atoms with Crippen LogP contribution in [0.1, 0.15) is 48.8 Å². The van der Waals surface area contributed by atoms with Gasteiger partial charge >= 0.3 is 0 Å². The summed E-state index contributed by atoms with van der Waals surface area (Å²) < 4.78 is 17.7. The van der Waals surface area contributed by atoms with E-state index >= 15 is 0 Å². The van der Waals surface area contributed by atoms with Gasteiger partial charge in [0.1, 0.15) is 23.4 Å². The number of amides is 1. The number of carbonyl (C=O) groups excluding carboxylic acids is 1. The molecule has 1 fully saturated rings. The first-order valence-electron chi connectivity index (χ1n) is 11.3. The minimum absolute atomic E-state index is 0.106. The van der Waals surface area contributed by atoms with Crippen LogP contribution in [0.25, 0.3) is 0 Å². The largest absolute Gasteiger partial charge is 0.491 e. The van der Waals surface area contributed by atoms with Crippen molar-refractivity contribution in [2.75, 3.05) is 18.6 Å². The normalized spacial score (nSPS) is 15.0. The summed E-state index contributed by atoms with van der Waals surface area (Å²) in [7, 11) is -0.759. The van der Waals surface area contributed by atoms with E-state index in [4.69, 9.17) is 19.1 Å². The van der Waals surface area contributed by atoms with Gasteiger partial charge in [0.25, 0.3) is 5.91 Å². The number of ether oxygens (including phenoxy) is 2. The molecule has 0 spiro atoms. The van der Waals surface area contributed by atoms with Crippen LogP contribution in [0.4, 0.5) is 5.95 Å². The fourth-order valence-electron chi connectivity index (χ4n) is 3.15. The number of hydrogen-bond donors (Lipinski definition) is 4. The highest BCUT2D eigenvalue weighted by atomic mass is 31.1. The zero-order chi connectivity index (χ0) is 24.9. The summed E-state index contributed by atoms with van der Waals surface area (Å²) in [4.78, 5) is 24.2. The minimum atomic E-state index is -1.11. The van der Waals surface area contributed by atoms with E-state index < -0.39 is 26.8 Å². The Morgan fingerprint density at radius 1 is 1.17 bits per heavy atom. The van der Waals surface area contributed by atoms with Gasteiger partial charge in [0.15, 0.2) is 0 Å². The van der Waals surface area contributed by atoms with E-state index in [0.717, 1.165) is 18.3 Å². The van der Waals surface area contributed by atoms with Crippen molar-refractivity contribution in [3.05, 3.63) is 54.0 Å². The Morgan fingerprint density at radius 2 is 1.94 bits per heavy atom. The zero-order valence-electron chi connectivity index (χ0n) is 19.8. The van der Waals surface area contributed by atoms with Crippen molar-refractivity contribution in [2.24, 2.45) is 0 Å². The van der Waals surface area contributed by atoms with E-state index in [0.29, 0.717) is 28.9 Å². The van der Waals surface area contributed by atoms with Crippen LogP contribution in [0.2, 0.25) is 0 Å². The third-order valence-electron chi connectivity index (χ3n) is 4.98. The van der Waals surface area contributed by atoms with E-state index in [1.54, 1.807) is 24.4 Å². The SMILES string of the molecule is CC(C)Oc1cc(Oc2ccc(P(C)OC3CC3)nc2)cc(C(=O)Nc2ncc(C(O)CO)[nH]2)c1. The van der Waals surface area contributed by atoms with Crippen LogP contribution >= 0.6 is 8.15 Å². The molecule has 11 heteroatoms. The Balaban J connectivity index is 1.50. The van der Waals surface area contributed by atoms with Crippen LogP contribution in [0.15, 0.2) is 42.7 Å². The topological polar surface area (TPSA) is 139 Å². The van der Waals surface area contributed by atoms with Crippen LogP contribution < -0.4 is 20.2 Å². The maximum absolute atomic E-state index is 12.9. The predicted molar refractivity (Wildman–Crippen MR) is 132 cm³/mol. The Bertz CT molecular complexity index is 1150. The van der Waals surface area contributed by atoms with Crippen molar-refractivity contribution in [3.63, 3.8) is 0 Å². The third-order valence-corrected chi connectivity index (χ3v) is 6.51. The van der Waals surface area contributed by atoms with Gasteiger partial charge in [0.2, 0.25) is 5.95 Å². The number of H-pyrrole nitrogens is 1. The monoisotopic (exact) mass is 500 g/mol. The fourth-order valence-corrected chi connectivity index (χ4v) is 4.43. The lowest BCUT2D eigenvalue weighted by Gasteiger charge is -2.15. The van der Waals surface area contributed by atoms with Gasteiger partial charge in [0.05, 0.1) is 50.5 Å². The number of benzene rings is 1. The maximum Gasteiger partial charge on any atom is 0.258 e. The average Bonchev–Trinajstić information content (AvgIpc) is 3.52.